The molecule has 0 unspecified atom stereocenters. The molecule has 0 aliphatic rings. The predicted octanol–water partition coefficient (Wildman–Crippen LogP) is 2.66. The van der Waals surface area contributed by atoms with Crippen molar-refractivity contribution in [3.63, 3.8) is 0 Å². The van der Waals surface area contributed by atoms with Crippen molar-refractivity contribution in [3.8, 4) is 0 Å². The van der Waals surface area contributed by atoms with E-state index < -0.39 is 5.41 Å². The van der Waals surface area contributed by atoms with Crippen molar-refractivity contribution in [1.82, 2.24) is 5.32 Å². The molecule has 0 aliphatic heterocycles. The zero-order valence-electron chi connectivity index (χ0n) is 12.2. The molecule has 0 radical (unpaired) electrons. The van der Waals surface area contributed by atoms with Crippen LogP contribution in [0.4, 0.5) is 0 Å². The Labute approximate surface area is 115 Å². The summed E-state index contributed by atoms with van der Waals surface area (Å²) in [4.78, 5) is 23.3. The van der Waals surface area contributed by atoms with Gasteiger partial charge < -0.3 is 5.32 Å². The Morgan fingerprint density at radius 1 is 1.11 bits per heavy atom. The Morgan fingerprint density at radius 2 is 1.68 bits per heavy atom. The number of hydrogen-bond acceptors (Lipinski definition) is 2. The van der Waals surface area contributed by atoms with E-state index in [9.17, 15) is 9.59 Å². The summed E-state index contributed by atoms with van der Waals surface area (Å²) in [5.74, 6) is -0.0191. The van der Waals surface area contributed by atoms with Crippen LogP contribution < -0.4 is 5.32 Å². The van der Waals surface area contributed by atoms with Crippen LogP contribution >= 0.6 is 0 Å². The van der Waals surface area contributed by atoms with Gasteiger partial charge in [0.05, 0.1) is 6.54 Å². The number of carbonyl (C=O) groups is 2. The highest BCUT2D eigenvalue weighted by Gasteiger charge is 2.21. The molecule has 0 atom stereocenters. The molecular formula is C16H23NO2. The molecule has 1 N–H and O–H groups in total. The first-order valence-electron chi connectivity index (χ1n) is 6.64. The van der Waals surface area contributed by atoms with Gasteiger partial charge >= 0.3 is 0 Å². The monoisotopic (exact) mass is 261 g/mol. The average molecular weight is 261 g/mol. The SMILES string of the molecule is Cc1ccc(CCC(=O)NCC(=O)C(C)(C)C)cc1. The van der Waals surface area contributed by atoms with Crippen molar-refractivity contribution >= 4 is 11.7 Å². The summed E-state index contributed by atoms with van der Waals surface area (Å²) in [6.07, 6.45) is 1.12. The van der Waals surface area contributed by atoms with Gasteiger partial charge in [0.25, 0.3) is 0 Å². The fourth-order valence-corrected chi connectivity index (χ4v) is 1.55. The average Bonchev–Trinajstić information content (AvgIpc) is 2.34. The predicted molar refractivity (Wildman–Crippen MR) is 77.0 cm³/mol. The lowest BCUT2D eigenvalue weighted by molar-refractivity contribution is -0.129. The van der Waals surface area contributed by atoms with Gasteiger partial charge in [-0.2, -0.15) is 0 Å². The number of ketones is 1. The first kappa shape index (κ1) is 15.4. The minimum Gasteiger partial charge on any atom is -0.349 e. The molecule has 0 bridgehead atoms. The number of rotatable bonds is 5. The number of aryl methyl sites for hydroxylation is 2. The van der Waals surface area contributed by atoms with Gasteiger partial charge in [0.15, 0.2) is 5.78 Å². The first-order chi connectivity index (χ1) is 8.79. The lowest BCUT2D eigenvalue weighted by Crippen LogP contribution is -2.35. The highest BCUT2D eigenvalue weighted by atomic mass is 16.2. The van der Waals surface area contributed by atoms with Gasteiger partial charge in [-0.1, -0.05) is 50.6 Å². The third kappa shape index (κ3) is 5.69. The molecule has 19 heavy (non-hydrogen) atoms. The van der Waals surface area contributed by atoms with E-state index in [2.05, 4.69) is 5.32 Å². The zero-order chi connectivity index (χ0) is 14.5. The molecule has 0 heterocycles. The summed E-state index contributed by atoms with van der Waals surface area (Å²) >= 11 is 0. The molecule has 0 saturated heterocycles. The second-order valence-corrected chi connectivity index (χ2v) is 5.94. The van der Waals surface area contributed by atoms with E-state index in [1.807, 2.05) is 52.0 Å². The maximum atomic E-state index is 11.7. The Balaban J connectivity index is 2.32. The third-order valence-corrected chi connectivity index (χ3v) is 3.04. The van der Waals surface area contributed by atoms with Crippen molar-refractivity contribution in [2.45, 2.75) is 40.5 Å². The van der Waals surface area contributed by atoms with E-state index in [4.69, 9.17) is 0 Å². The smallest absolute Gasteiger partial charge is 0.220 e. The van der Waals surface area contributed by atoms with E-state index in [0.29, 0.717) is 12.8 Å². The van der Waals surface area contributed by atoms with E-state index >= 15 is 0 Å². The van der Waals surface area contributed by atoms with Crippen LogP contribution in [0.1, 0.15) is 38.3 Å². The topological polar surface area (TPSA) is 46.2 Å². The summed E-state index contributed by atoms with van der Waals surface area (Å²) < 4.78 is 0. The standard InChI is InChI=1S/C16H23NO2/c1-12-5-7-13(8-6-12)9-10-15(19)17-11-14(18)16(2,3)4/h5-8H,9-11H2,1-4H3,(H,17,19). The fourth-order valence-electron chi connectivity index (χ4n) is 1.55. The number of Topliss-reactive ketones (excluding diaryl/α,β-unsaturated/α-hetero) is 1. The minimum atomic E-state index is -0.399. The molecule has 1 aromatic rings. The Kier molecular flexibility index (Phi) is 5.28. The summed E-state index contributed by atoms with van der Waals surface area (Å²) in [5.41, 5.74) is 1.96. The summed E-state index contributed by atoms with van der Waals surface area (Å²) in [5, 5.41) is 2.68. The molecule has 1 rings (SSSR count). The highest BCUT2D eigenvalue weighted by Crippen LogP contribution is 2.13. The second-order valence-electron chi connectivity index (χ2n) is 5.94. The lowest BCUT2D eigenvalue weighted by atomic mass is 9.91. The van der Waals surface area contributed by atoms with Crippen molar-refractivity contribution < 1.29 is 9.59 Å². The Hall–Kier alpha value is -1.64. The van der Waals surface area contributed by atoms with E-state index in [1.54, 1.807) is 0 Å². The van der Waals surface area contributed by atoms with Crippen LogP contribution in [0.15, 0.2) is 24.3 Å². The summed E-state index contributed by atoms with van der Waals surface area (Å²) in [7, 11) is 0. The van der Waals surface area contributed by atoms with Gasteiger partial charge in [-0.05, 0) is 18.9 Å². The third-order valence-electron chi connectivity index (χ3n) is 3.04. The maximum absolute atomic E-state index is 11.7. The van der Waals surface area contributed by atoms with Crippen LogP contribution in [0.3, 0.4) is 0 Å². The van der Waals surface area contributed by atoms with E-state index in [-0.39, 0.29) is 18.2 Å². The molecule has 0 spiro atoms. The van der Waals surface area contributed by atoms with E-state index in [0.717, 1.165) is 5.56 Å². The van der Waals surface area contributed by atoms with E-state index in [1.165, 1.54) is 5.56 Å². The quantitative estimate of drug-likeness (QED) is 0.885. The molecule has 3 nitrogen and oxygen atoms in total. The van der Waals surface area contributed by atoms with Crippen LogP contribution in [0.25, 0.3) is 0 Å². The number of nitrogens with one attached hydrogen (secondary N) is 1. The van der Waals surface area contributed by atoms with Crippen LogP contribution in [-0.4, -0.2) is 18.2 Å². The zero-order valence-corrected chi connectivity index (χ0v) is 12.2. The maximum Gasteiger partial charge on any atom is 0.220 e. The van der Waals surface area contributed by atoms with Crippen LogP contribution in [0.2, 0.25) is 0 Å². The van der Waals surface area contributed by atoms with Crippen molar-refractivity contribution in [1.29, 1.82) is 0 Å². The molecule has 0 saturated carbocycles. The molecule has 0 aromatic heterocycles. The van der Waals surface area contributed by atoms with Gasteiger partial charge in [-0.3, -0.25) is 9.59 Å². The number of carbonyl (C=O) groups excluding carboxylic acids is 2. The molecule has 3 heteroatoms. The highest BCUT2D eigenvalue weighted by molar-refractivity contribution is 5.89. The van der Waals surface area contributed by atoms with Gasteiger partial charge in [0, 0.05) is 11.8 Å². The van der Waals surface area contributed by atoms with Gasteiger partial charge in [0.2, 0.25) is 5.91 Å². The van der Waals surface area contributed by atoms with Crippen molar-refractivity contribution in [3.05, 3.63) is 35.4 Å². The van der Waals surface area contributed by atoms with Crippen LogP contribution in [-0.2, 0) is 16.0 Å². The molecule has 1 amide bonds. The fraction of sp³-hybridized carbons (Fsp3) is 0.500. The molecule has 1 aromatic carbocycles. The minimum absolute atomic E-state index is 0.0520. The summed E-state index contributed by atoms with van der Waals surface area (Å²) in [6, 6.07) is 8.14. The van der Waals surface area contributed by atoms with Gasteiger partial charge in [-0.15, -0.1) is 0 Å². The Morgan fingerprint density at radius 3 is 2.21 bits per heavy atom. The van der Waals surface area contributed by atoms with Gasteiger partial charge in [-0.25, -0.2) is 0 Å². The molecule has 0 fully saturated rings. The molecular weight excluding hydrogens is 238 g/mol. The van der Waals surface area contributed by atoms with Crippen LogP contribution in [0, 0.1) is 12.3 Å². The van der Waals surface area contributed by atoms with Crippen molar-refractivity contribution in [2.75, 3.05) is 6.54 Å². The second kappa shape index (κ2) is 6.50. The lowest BCUT2D eigenvalue weighted by Gasteiger charge is -2.16. The summed E-state index contributed by atoms with van der Waals surface area (Å²) in [6.45, 7) is 7.72. The number of benzene rings is 1. The largest absolute Gasteiger partial charge is 0.349 e. The molecule has 104 valence electrons. The normalized spacial score (nSPS) is 11.2. The number of amides is 1. The molecule has 0 aliphatic carbocycles. The number of hydrogen-bond donors (Lipinski definition) is 1. The first-order valence-corrected chi connectivity index (χ1v) is 6.64. The van der Waals surface area contributed by atoms with Gasteiger partial charge in [0.1, 0.15) is 0 Å². The van der Waals surface area contributed by atoms with Crippen molar-refractivity contribution in [2.24, 2.45) is 5.41 Å². The van der Waals surface area contributed by atoms with Crippen LogP contribution in [0.5, 0.6) is 0 Å². The Bertz CT molecular complexity index is 441.